The minimum Gasteiger partial charge on any atom is -0.390 e. The summed E-state index contributed by atoms with van der Waals surface area (Å²) in [5, 5.41) is 27.6. The molecule has 0 aromatic heterocycles. The number of hydrogen-bond acceptors (Lipinski definition) is 6. The van der Waals surface area contributed by atoms with Crippen molar-refractivity contribution in [3.63, 3.8) is 0 Å². The molecule has 2 aromatic rings. The Morgan fingerprint density at radius 3 is 1.98 bits per heavy atom. The number of nitrogens with two attached hydrogens (primary N) is 1. The van der Waals surface area contributed by atoms with Crippen molar-refractivity contribution in [1.29, 1.82) is 0 Å². The standard InChI is InChI=1S/C32H46N4O6/c1-6-13-36(14-7-2)32(42)25-17-23(29(33)39)16-24(18-25)31(41)35-26(15-20(3)4)28(38)27(37)21(5)30(40)34-19-22-11-9-8-10-12-22/h8-12,16-18,20-21,26-28,37-38H,6-7,13-15,19H2,1-5H3,(H2,33,39)(H,34,40)(H,35,41). The maximum absolute atomic E-state index is 13.4. The van der Waals surface area contributed by atoms with Crippen LogP contribution in [0.3, 0.4) is 0 Å². The van der Waals surface area contributed by atoms with E-state index in [2.05, 4.69) is 10.6 Å². The van der Waals surface area contributed by atoms with Gasteiger partial charge in [0.1, 0.15) is 6.10 Å². The van der Waals surface area contributed by atoms with Crippen molar-refractivity contribution in [1.82, 2.24) is 15.5 Å². The Morgan fingerprint density at radius 2 is 1.43 bits per heavy atom. The summed E-state index contributed by atoms with van der Waals surface area (Å²) in [6.07, 6.45) is -1.16. The van der Waals surface area contributed by atoms with Crippen molar-refractivity contribution in [3.8, 4) is 0 Å². The van der Waals surface area contributed by atoms with Gasteiger partial charge in [-0.15, -0.1) is 0 Å². The van der Waals surface area contributed by atoms with Crippen LogP contribution in [0.1, 0.15) is 90.5 Å². The minimum absolute atomic E-state index is 0.00338. The van der Waals surface area contributed by atoms with E-state index in [0.717, 1.165) is 18.4 Å². The summed E-state index contributed by atoms with van der Waals surface area (Å²) in [7, 11) is 0. The lowest BCUT2D eigenvalue weighted by Gasteiger charge is -2.31. The molecule has 0 bridgehead atoms. The van der Waals surface area contributed by atoms with Gasteiger partial charge in [0.25, 0.3) is 11.8 Å². The van der Waals surface area contributed by atoms with Gasteiger partial charge in [-0.3, -0.25) is 19.2 Å². The van der Waals surface area contributed by atoms with Gasteiger partial charge in [0.2, 0.25) is 11.8 Å². The summed E-state index contributed by atoms with van der Waals surface area (Å²) in [6, 6.07) is 12.5. The Balaban J connectivity index is 2.26. The summed E-state index contributed by atoms with van der Waals surface area (Å²) in [5.74, 6) is -3.16. The fraction of sp³-hybridized carbons (Fsp3) is 0.500. The van der Waals surface area contributed by atoms with Crippen molar-refractivity contribution in [3.05, 3.63) is 70.8 Å². The van der Waals surface area contributed by atoms with Gasteiger partial charge in [0, 0.05) is 36.3 Å². The molecule has 0 heterocycles. The van der Waals surface area contributed by atoms with Crippen LogP contribution in [0.5, 0.6) is 0 Å². The SMILES string of the molecule is CCCN(CCC)C(=O)c1cc(C(N)=O)cc(C(=O)NC(CC(C)C)C(O)C(O)C(C)C(=O)NCc2ccccc2)c1. The van der Waals surface area contributed by atoms with Gasteiger partial charge < -0.3 is 31.5 Å². The number of aliphatic hydroxyl groups excluding tert-OH is 2. The molecule has 0 saturated carbocycles. The Morgan fingerprint density at radius 1 is 0.857 bits per heavy atom. The minimum atomic E-state index is -1.48. The molecule has 4 atom stereocenters. The van der Waals surface area contributed by atoms with Crippen LogP contribution in [0.4, 0.5) is 0 Å². The number of carbonyl (C=O) groups excluding carboxylic acids is 4. The highest BCUT2D eigenvalue weighted by Gasteiger charge is 2.35. The molecule has 0 saturated heterocycles. The smallest absolute Gasteiger partial charge is 0.253 e. The van der Waals surface area contributed by atoms with E-state index in [-0.39, 0.29) is 35.1 Å². The number of nitrogens with one attached hydrogen (secondary N) is 2. The van der Waals surface area contributed by atoms with Crippen LogP contribution in [0.15, 0.2) is 48.5 Å². The van der Waals surface area contributed by atoms with E-state index in [1.165, 1.54) is 25.1 Å². The molecule has 0 fully saturated rings. The number of primary amides is 1. The van der Waals surface area contributed by atoms with Crippen LogP contribution >= 0.6 is 0 Å². The quantitative estimate of drug-likeness (QED) is 0.204. The summed E-state index contributed by atoms with van der Waals surface area (Å²) in [4.78, 5) is 53.2. The largest absolute Gasteiger partial charge is 0.390 e. The van der Waals surface area contributed by atoms with Gasteiger partial charge in [-0.25, -0.2) is 0 Å². The van der Waals surface area contributed by atoms with Crippen LogP contribution in [0, 0.1) is 11.8 Å². The second-order valence-electron chi connectivity index (χ2n) is 11.1. The third-order valence-electron chi connectivity index (χ3n) is 7.04. The molecular formula is C32H46N4O6. The number of aliphatic hydroxyl groups is 2. The lowest BCUT2D eigenvalue weighted by atomic mass is 9.89. The average molecular weight is 583 g/mol. The fourth-order valence-corrected chi connectivity index (χ4v) is 4.74. The second kappa shape index (κ2) is 16.6. The molecule has 0 aliphatic carbocycles. The molecule has 2 aromatic carbocycles. The van der Waals surface area contributed by atoms with E-state index in [4.69, 9.17) is 5.73 Å². The van der Waals surface area contributed by atoms with Gasteiger partial charge in [-0.2, -0.15) is 0 Å². The van der Waals surface area contributed by atoms with Crippen LogP contribution in [-0.4, -0.2) is 70.1 Å². The zero-order chi connectivity index (χ0) is 31.4. The van der Waals surface area contributed by atoms with Crippen molar-refractivity contribution in [2.75, 3.05) is 13.1 Å². The second-order valence-corrected chi connectivity index (χ2v) is 11.1. The lowest BCUT2D eigenvalue weighted by molar-refractivity contribution is -0.132. The zero-order valence-corrected chi connectivity index (χ0v) is 25.3. The number of rotatable bonds is 16. The molecule has 42 heavy (non-hydrogen) atoms. The Labute approximate surface area is 248 Å². The van der Waals surface area contributed by atoms with Gasteiger partial charge in [0.15, 0.2) is 0 Å². The molecule has 0 radical (unpaired) electrons. The first-order valence-electron chi connectivity index (χ1n) is 14.6. The zero-order valence-electron chi connectivity index (χ0n) is 25.3. The van der Waals surface area contributed by atoms with E-state index >= 15 is 0 Å². The van der Waals surface area contributed by atoms with Crippen molar-refractivity contribution < 1.29 is 29.4 Å². The molecule has 6 N–H and O–H groups in total. The number of hydrogen-bond donors (Lipinski definition) is 5. The summed E-state index contributed by atoms with van der Waals surface area (Å²) >= 11 is 0. The highest BCUT2D eigenvalue weighted by atomic mass is 16.3. The highest BCUT2D eigenvalue weighted by molar-refractivity contribution is 6.04. The predicted octanol–water partition coefficient (Wildman–Crippen LogP) is 2.87. The Bertz CT molecular complexity index is 1200. The van der Waals surface area contributed by atoms with E-state index in [9.17, 15) is 29.4 Å². The van der Waals surface area contributed by atoms with E-state index in [1.54, 1.807) is 4.90 Å². The predicted molar refractivity (Wildman–Crippen MR) is 162 cm³/mol. The topological polar surface area (TPSA) is 162 Å². The van der Waals surface area contributed by atoms with Gasteiger partial charge in [-0.05, 0) is 48.9 Å². The van der Waals surface area contributed by atoms with Gasteiger partial charge in [-0.1, -0.05) is 65.0 Å². The van der Waals surface area contributed by atoms with E-state index in [0.29, 0.717) is 19.5 Å². The van der Waals surface area contributed by atoms with E-state index in [1.807, 2.05) is 58.0 Å². The summed E-state index contributed by atoms with van der Waals surface area (Å²) in [5.41, 5.74) is 6.59. The van der Waals surface area contributed by atoms with Crippen molar-refractivity contribution in [2.24, 2.45) is 17.6 Å². The highest BCUT2D eigenvalue weighted by Crippen LogP contribution is 2.19. The van der Waals surface area contributed by atoms with Crippen molar-refractivity contribution in [2.45, 2.75) is 78.7 Å². The first-order chi connectivity index (χ1) is 19.9. The first-order valence-corrected chi connectivity index (χ1v) is 14.6. The fourth-order valence-electron chi connectivity index (χ4n) is 4.74. The molecule has 4 unspecified atom stereocenters. The number of benzene rings is 2. The average Bonchev–Trinajstić information content (AvgIpc) is 2.97. The number of carbonyl (C=O) groups is 4. The molecule has 10 nitrogen and oxygen atoms in total. The molecular weight excluding hydrogens is 536 g/mol. The molecule has 0 aliphatic heterocycles. The molecule has 230 valence electrons. The lowest BCUT2D eigenvalue weighted by Crippen LogP contribution is -2.53. The van der Waals surface area contributed by atoms with Crippen LogP contribution < -0.4 is 16.4 Å². The Hall–Kier alpha value is -3.76. The maximum Gasteiger partial charge on any atom is 0.253 e. The van der Waals surface area contributed by atoms with Gasteiger partial charge in [0.05, 0.1) is 18.1 Å². The van der Waals surface area contributed by atoms with Crippen LogP contribution in [0.2, 0.25) is 0 Å². The normalized spacial score (nSPS) is 14.0. The molecule has 10 heteroatoms. The third kappa shape index (κ3) is 9.95. The third-order valence-corrected chi connectivity index (χ3v) is 7.04. The van der Waals surface area contributed by atoms with Gasteiger partial charge >= 0.3 is 0 Å². The number of nitrogens with zero attached hydrogens (tertiary/aromatic N) is 1. The molecule has 4 amide bonds. The van der Waals surface area contributed by atoms with E-state index < -0.39 is 41.9 Å². The maximum atomic E-state index is 13.4. The van der Waals surface area contributed by atoms with Crippen molar-refractivity contribution >= 4 is 23.6 Å². The molecule has 0 aliphatic rings. The Kier molecular flexibility index (Phi) is 13.6. The van der Waals surface area contributed by atoms with Crippen LogP contribution in [-0.2, 0) is 11.3 Å². The molecule has 2 rings (SSSR count). The summed E-state index contributed by atoms with van der Waals surface area (Å²) < 4.78 is 0. The molecule has 0 spiro atoms. The number of amides is 4. The summed E-state index contributed by atoms with van der Waals surface area (Å²) in [6.45, 7) is 10.5. The monoisotopic (exact) mass is 582 g/mol. The van der Waals surface area contributed by atoms with Crippen LogP contribution in [0.25, 0.3) is 0 Å². The first kappa shape index (κ1) is 34.4.